The molecule has 0 saturated carbocycles. The highest BCUT2D eigenvalue weighted by atomic mass is 19.4. The Labute approximate surface area is 204 Å². The van der Waals surface area contributed by atoms with E-state index in [0.717, 1.165) is 12.1 Å². The Morgan fingerprint density at radius 1 is 0.474 bits per heavy atom. The summed E-state index contributed by atoms with van der Waals surface area (Å²) < 4.78 is 166. The van der Waals surface area contributed by atoms with Crippen LogP contribution in [0.15, 0.2) is 48.5 Å². The van der Waals surface area contributed by atoms with Crippen LogP contribution in [0.5, 0.6) is 11.5 Å². The number of ether oxygens (including phenoxy) is 2. The van der Waals surface area contributed by atoms with Crippen LogP contribution in [0.4, 0.5) is 64.1 Å². The van der Waals surface area contributed by atoms with E-state index in [2.05, 4.69) is 9.47 Å². The van der Waals surface area contributed by atoms with Crippen LogP contribution in [0.3, 0.4) is 0 Å². The lowest BCUT2D eigenvalue weighted by molar-refractivity contribution is -0.276. The minimum absolute atomic E-state index is 0.0406. The first-order valence-corrected chi connectivity index (χ1v) is 9.79. The van der Waals surface area contributed by atoms with Gasteiger partial charge in [0.25, 0.3) is 0 Å². The van der Waals surface area contributed by atoms with Crippen molar-refractivity contribution in [1.29, 1.82) is 0 Å². The number of anilines is 2. The van der Waals surface area contributed by atoms with Gasteiger partial charge in [-0.1, -0.05) is 12.1 Å². The van der Waals surface area contributed by atoms with E-state index in [1.807, 2.05) is 0 Å². The quantitative estimate of drug-likeness (QED) is 0.249. The van der Waals surface area contributed by atoms with Crippen molar-refractivity contribution in [3.8, 4) is 33.8 Å². The number of hydrogen-bond acceptors (Lipinski definition) is 4. The fraction of sp³-hybridized carbons (Fsp3) is 0.182. The first-order valence-electron chi connectivity index (χ1n) is 9.79. The number of nitrogen functional groups attached to an aromatic ring is 2. The van der Waals surface area contributed by atoms with Crippen LogP contribution in [-0.2, 0) is 12.4 Å². The molecule has 0 saturated heterocycles. The standard InChI is InChI=1S/C22H12F12N2O2/c23-19(24,25)13-5-9(1-3-15(13)35)11-7-12(10-2-4-16(36)14(6-10)20(26,27)28)18(38-22(32,33)34)8-17(11)37-21(29,30)31/h1-8H,35-36H2. The van der Waals surface area contributed by atoms with Crippen LogP contribution in [0.1, 0.15) is 11.1 Å². The third-order valence-corrected chi connectivity index (χ3v) is 4.87. The van der Waals surface area contributed by atoms with Gasteiger partial charge in [0.2, 0.25) is 0 Å². The fourth-order valence-electron chi connectivity index (χ4n) is 3.37. The molecule has 0 amide bonds. The molecule has 4 N–H and O–H groups in total. The van der Waals surface area contributed by atoms with Crippen molar-refractivity contribution in [2.24, 2.45) is 0 Å². The second-order valence-corrected chi connectivity index (χ2v) is 7.54. The summed E-state index contributed by atoms with van der Waals surface area (Å²) in [5, 5.41) is 0. The van der Waals surface area contributed by atoms with E-state index in [4.69, 9.17) is 11.5 Å². The highest BCUT2D eigenvalue weighted by molar-refractivity contribution is 5.83. The van der Waals surface area contributed by atoms with Gasteiger partial charge < -0.3 is 20.9 Å². The second kappa shape index (κ2) is 9.40. The minimum atomic E-state index is -5.54. The molecule has 0 aliphatic carbocycles. The molecule has 0 heterocycles. The fourth-order valence-corrected chi connectivity index (χ4v) is 3.37. The van der Waals surface area contributed by atoms with Gasteiger partial charge in [-0.25, -0.2) is 0 Å². The van der Waals surface area contributed by atoms with Gasteiger partial charge >= 0.3 is 25.1 Å². The number of rotatable bonds is 4. The normalized spacial score (nSPS) is 12.9. The number of alkyl halides is 12. The zero-order valence-electron chi connectivity index (χ0n) is 18.1. The van der Waals surface area contributed by atoms with Crippen molar-refractivity contribution in [3.63, 3.8) is 0 Å². The molecule has 0 atom stereocenters. The SMILES string of the molecule is Nc1ccc(-c2cc(-c3ccc(N)c(C(F)(F)F)c3)c(OC(F)(F)F)cc2OC(F)(F)F)cc1C(F)(F)F. The lowest BCUT2D eigenvalue weighted by atomic mass is 9.94. The monoisotopic (exact) mass is 564 g/mol. The summed E-state index contributed by atoms with van der Waals surface area (Å²) in [5.41, 5.74) is 2.82. The Morgan fingerprint density at radius 2 is 0.816 bits per heavy atom. The van der Waals surface area contributed by atoms with E-state index in [1.54, 1.807) is 0 Å². The molecule has 3 rings (SSSR count). The Morgan fingerprint density at radius 3 is 1.11 bits per heavy atom. The lowest BCUT2D eigenvalue weighted by Crippen LogP contribution is -2.20. The molecular weight excluding hydrogens is 552 g/mol. The predicted molar refractivity (Wildman–Crippen MR) is 110 cm³/mol. The predicted octanol–water partition coefficient (Wildman–Crippen LogP) is 8.02. The van der Waals surface area contributed by atoms with E-state index in [0.29, 0.717) is 30.3 Å². The average molecular weight is 564 g/mol. The molecule has 0 aromatic heterocycles. The average Bonchev–Trinajstić information content (AvgIpc) is 2.71. The zero-order valence-corrected chi connectivity index (χ0v) is 18.1. The number of halogens is 12. The van der Waals surface area contributed by atoms with Crippen molar-refractivity contribution in [1.82, 2.24) is 0 Å². The number of nitrogens with two attached hydrogens (primary N) is 2. The van der Waals surface area contributed by atoms with Crippen molar-refractivity contribution in [3.05, 3.63) is 59.7 Å². The minimum Gasteiger partial charge on any atom is -0.405 e. The molecule has 0 aliphatic heterocycles. The van der Waals surface area contributed by atoms with Crippen molar-refractivity contribution >= 4 is 11.4 Å². The van der Waals surface area contributed by atoms with Gasteiger partial charge in [-0.15, -0.1) is 26.3 Å². The van der Waals surface area contributed by atoms with Crippen molar-refractivity contribution in [2.75, 3.05) is 11.5 Å². The summed E-state index contributed by atoms with van der Waals surface area (Å²) in [6, 6.07) is 4.04. The maximum absolute atomic E-state index is 13.3. The Kier molecular flexibility index (Phi) is 7.07. The van der Waals surface area contributed by atoms with E-state index in [-0.39, 0.29) is 6.07 Å². The molecule has 0 spiro atoms. The highest BCUT2D eigenvalue weighted by Crippen LogP contribution is 2.47. The Balaban J connectivity index is 2.40. The molecule has 0 unspecified atom stereocenters. The van der Waals surface area contributed by atoms with Gasteiger partial charge in [0.1, 0.15) is 11.5 Å². The van der Waals surface area contributed by atoms with Crippen molar-refractivity contribution in [2.45, 2.75) is 25.1 Å². The van der Waals surface area contributed by atoms with Crippen LogP contribution in [-0.4, -0.2) is 12.7 Å². The third kappa shape index (κ3) is 6.66. The van der Waals surface area contributed by atoms with Crippen LogP contribution < -0.4 is 20.9 Å². The number of hydrogen-bond donors (Lipinski definition) is 2. The van der Waals surface area contributed by atoms with Gasteiger partial charge in [0.15, 0.2) is 0 Å². The van der Waals surface area contributed by atoms with E-state index >= 15 is 0 Å². The largest absolute Gasteiger partial charge is 0.573 e. The molecule has 3 aromatic carbocycles. The molecule has 0 aliphatic rings. The molecule has 0 radical (unpaired) electrons. The Bertz CT molecular complexity index is 1240. The van der Waals surface area contributed by atoms with Gasteiger partial charge in [0.05, 0.1) is 11.1 Å². The number of benzene rings is 3. The molecule has 0 bridgehead atoms. The molecule has 206 valence electrons. The zero-order chi connectivity index (χ0) is 28.8. The van der Waals surface area contributed by atoms with Gasteiger partial charge in [-0.3, -0.25) is 0 Å². The van der Waals surface area contributed by atoms with E-state index in [9.17, 15) is 52.7 Å². The first-order chi connectivity index (χ1) is 17.2. The van der Waals surface area contributed by atoms with Crippen LogP contribution >= 0.6 is 0 Å². The van der Waals surface area contributed by atoms with Gasteiger partial charge in [-0.05, 0) is 41.5 Å². The maximum atomic E-state index is 13.3. The summed E-state index contributed by atoms with van der Waals surface area (Å²) in [4.78, 5) is 0. The summed E-state index contributed by atoms with van der Waals surface area (Å²) in [5.74, 6) is -2.88. The molecule has 0 fully saturated rings. The molecule has 16 heteroatoms. The molecule has 38 heavy (non-hydrogen) atoms. The first kappa shape index (κ1) is 28.6. The molecular formula is C22H12F12N2O2. The van der Waals surface area contributed by atoms with E-state index < -0.39 is 81.3 Å². The van der Waals surface area contributed by atoms with E-state index in [1.165, 1.54) is 0 Å². The molecule has 3 aromatic rings. The summed E-state index contributed by atoms with van der Waals surface area (Å²) >= 11 is 0. The van der Waals surface area contributed by atoms with Gasteiger partial charge in [0, 0.05) is 28.6 Å². The summed E-state index contributed by atoms with van der Waals surface area (Å²) in [7, 11) is 0. The van der Waals surface area contributed by atoms with Crippen LogP contribution in [0, 0.1) is 0 Å². The Hall–Kier alpha value is -3.98. The summed E-state index contributed by atoms with van der Waals surface area (Å²) in [6.07, 6.45) is -21.3. The third-order valence-electron chi connectivity index (χ3n) is 4.87. The lowest BCUT2D eigenvalue weighted by Gasteiger charge is -2.21. The maximum Gasteiger partial charge on any atom is 0.573 e. The van der Waals surface area contributed by atoms with Crippen molar-refractivity contribution < 1.29 is 62.2 Å². The summed E-state index contributed by atoms with van der Waals surface area (Å²) in [6.45, 7) is 0. The smallest absolute Gasteiger partial charge is 0.405 e. The highest BCUT2D eigenvalue weighted by Gasteiger charge is 2.38. The van der Waals surface area contributed by atoms with Crippen LogP contribution in [0.25, 0.3) is 22.3 Å². The van der Waals surface area contributed by atoms with Gasteiger partial charge in [-0.2, -0.15) is 26.3 Å². The topological polar surface area (TPSA) is 70.5 Å². The molecule has 4 nitrogen and oxygen atoms in total. The van der Waals surface area contributed by atoms with Crippen LogP contribution in [0.2, 0.25) is 0 Å². The second-order valence-electron chi connectivity index (χ2n) is 7.54.